The Bertz CT molecular complexity index is 485. The maximum Gasteiger partial charge on any atom is 0.254 e. The van der Waals surface area contributed by atoms with E-state index < -0.39 is 11.6 Å². The van der Waals surface area contributed by atoms with Gasteiger partial charge in [-0.05, 0) is 18.6 Å². The number of amides is 1. The molecule has 1 aromatic rings. The Morgan fingerprint density at radius 2 is 2.10 bits per heavy atom. The molecule has 1 heterocycles. The lowest BCUT2D eigenvalue weighted by Crippen LogP contribution is -2.45. The Labute approximate surface area is 116 Å². The van der Waals surface area contributed by atoms with Crippen molar-refractivity contribution >= 4 is 11.6 Å². The summed E-state index contributed by atoms with van der Waals surface area (Å²) in [4.78, 5) is 13.9. The average molecular weight is 284 g/mol. The van der Waals surface area contributed by atoms with Gasteiger partial charge in [-0.2, -0.15) is 0 Å². The quantitative estimate of drug-likeness (QED) is 0.925. The molecule has 1 fully saturated rings. The SMILES string of the molecule is CCC1CN(C(=O)c2cc(F)c(NC)c(F)c2)CCO1. The van der Waals surface area contributed by atoms with Gasteiger partial charge in [0.15, 0.2) is 0 Å². The van der Waals surface area contributed by atoms with Gasteiger partial charge in [0.1, 0.15) is 17.3 Å². The molecule has 1 unspecified atom stereocenters. The smallest absolute Gasteiger partial charge is 0.254 e. The summed E-state index contributed by atoms with van der Waals surface area (Å²) >= 11 is 0. The molecule has 1 aliphatic heterocycles. The molecule has 1 N–H and O–H groups in total. The lowest BCUT2D eigenvalue weighted by Gasteiger charge is -2.32. The van der Waals surface area contributed by atoms with Crippen LogP contribution in [0.3, 0.4) is 0 Å². The fourth-order valence-electron chi connectivity index (χ4n) is 2.27. The largest absolute Gasteiger partial charge is 0.383 e. The molecular weight excluding hydrogens is 266 g/mol. The van der Waals surface area contributed by atoms with Crippen molar-refractivity contribution < 1.29 is 18.3 Å². The number of benzene rings is 1. The number of halogens is 2. The number of ether oxygens (including phenoxy) is 1. The third kappa shape index (κ3) is 2.90. The Kier molecular flexibility index (Phi) is 4.54. The first-order valence-corrected chi connectivity index (χ1v) is 6.64. The van der Waals surface area contributed by atoms with E-state index in [0.29, 0.717) is 19.7 Å². The van der Waals surface area contributed by atoms with E-state index in [9.17, 15) is 13.6 Å². The number of hydrogen-bond donors (Lipinski definition) is 1. The number of rotatable bonds is 3. The zero-order valence-corrected chi connectivity index (χ0v) is 11.6. The second-order valence-corrected chi connectivity index (χ2v) is 4.72. The topological polar surface area (TPSA) is 41.6 Å². The minimum atomic E-state index is -0.767. The molecule has 20 heavy (non-hydrogen) atoms. The molecule has 0 aromatic heterocycles. The number of morpholine rings is 1. The predicted octanol–water partition coefficient (Wildman–Crippen LogP) is 2.26. The lowest BCUT2D eigenvalue weighted by molar-refractivity contribution is -0.0226. The highest BCUT2D eigenvalue weighted by Crippen LogP contribution is 2.22. The van der Waals surface area contributed by atoms with Gasteiger partial charge in [0, 0.05) is 25.7 Å². The second-order valence-electron chi connectivity index (χ2n) is 4.72. The van der Waals surface area contributed by atoms with Crippen molar-refractivity contribution in [3.8, 4) is 0 Å². The van der Waals surface area contributed by atoms with Gasteiger partial charge in [-0.1, -0.05) is 6.92 Å². The maximum absolute atomic E-state index is 13.7. The normalized spacial score (nSPS) is 19.0. The first-order chi connectivity index (χ1) is 9.56. The van der Waals surface area contributed by atoms with E-state index in [1.165, 1.54) is 7.05 Å². The van der Waals surface area contributed by atoms with E-state index in [-0.39, 0.29) is 23.3 Å². The Morgan fingerprint density at radius 3 is 2.65 bits per heavy atom. The monoisotopic (exact) mass is 284 g/mol. The maximum atomic E-state index is 13.7. The molecule has 1 amide bonds. The van der Waals surface area contributed by atoms with E-state index >= 15 is 0 Å². The molecule has 0 bridgehead atoms. The summed E-state index contributed by atoms with van der Waals surface area (Å²) in [5, 5.41) is 2.43. The van der Waals surface area contributed by atoms with Gasteiger partial charge in [-0.15, -0.1) is 0 Å². The van der Waals surface area contributed by atoms with Crippen molar-refractivity contribution in [2.24, 2.45) is 0 Å². The summed E-state index contributed by atoms with van der Waals surface area (Å²) in [7, 11) is 1.43. The van der Waals surface area contributed by atoms with Crippen LogP contribution in [-0.2, 0) is 4.74 Å². The Morgan fingerprint density at radius 1 is 1.45 bits per heavy atom. The molecule has 4 nitrogen and oxygen atoms in total. The summed E-state index contributed by atoms with van der Waals surface area (Å²) in [5.41, 5.74) is -0.203. The standard InChI is InChI=1S/C14H18F2N2O2/c1-3-10-8-18(4-5-20-10)14(19)9-6-11(15)13(17-2)12(16)7-9/h6-7,10,17H,3-5,8H2,1-2H3. The van der Waals surface area contributed by atoms with Gasteiger partial charge in [0.05, 0.1) is 12.7 Å². The highest BCUT2D eigenvalue weighted by Gasteiger charge is 2.25. The minimum Gasteiger partial charge on any atom is -0.383 e. The molecule has 110 valence electrons. The van der Waals surface area contributed by atoms with Crippen LogP contribution in [0.25, 0.3) is 0 Å². The van der Waals surface area contributed by atoms with Crippen LogP contribution in [0.4, 0.5) is 14.5 Å². The summed E-state index contributed by atoms with van der Waals surface area (Å²) in [6, 6.07) is 2.13. The van der Waals surface area contributed by atoms with Crippen molar-refractivity contribution in [1.29, 1.82) is 0 Å². The van der Waals surface area contributed by atoms with Crippen molar-refractivity contribution in [1.82, 2.24) is 4.90 Å². The van der Waals surface area contributed by atoms with Crippen molar-refractivity contribution in [3.05, 3.63) is 29.3 Å². The van der Waals surface area contributed by atoms with Gasteiger partial charge >= 0.3 is 0 Å². The number of nitrogens with zero attached hydrogens (tertiary/aromatic N) is 1. The molecule has 1 aromatic carbocycles. The van der Waals surface area contributed by atoms with E-state index in [1.54, 1.807) is 4.90 Å². The highest BCUT2D eigenvalue weighted by atomic mass is 19.1. The summed E-state index contributed by atoms with van der Waals surface area (Å²) < 4.78 is 32.8. The first kappa shape index (κ1) is 14.7. The van der Waals surface area contributed by atoms with Crippen LogP contribution in [0.1, 0.15) is 23.7 Å². The number of nitrogens with one attached hydrogen (secondary N) is 1. The van der Waals surface area contributed by atoms with Gasteiger partial charge in [0.2, 0.25) is 0 Å². The molecular formula is C14H18F2N2O2. The summed E-state index contributed by atoms with van der Waals surface area (Å²) in [5.74, 6) is -1.90. The van der Waals surface area contributed by atoms with Gasteiger partial charge < -0.3 is 15.0 Å². The van der Waals surface area contributed by atoms with Gasteiger partial charge in [-0.3, -0.25) is 4.79 Å². The molecule has 1 atom stereocenters. The first-order valence-electron chi connectivity index (χ1n) is 6.64. The molecule has 0 saturated carbocycles. The number of anilines is 1. The fraction of sp³-hybridized carbons (Fsp3) is 0.500. The van der Waals surface area contributed by atoms with Crippen molar-refractivity contribution in [3.63, 3.8) is 0 Å². The van der Waals surface area contributed by atoms with Crippen molar-refractivity contribution in [2.75, 3.05) is 32.1 Å². The molecule has 0 aliphatic carbocycles. The number of hydrogen-bond acceptors (Lipinski definition) is 3. The summed E-state index contributed by atoms with van der Waals surface area (Å²) in [6.45, 7) is 3.31. The third-order valence-electron chi connectivity index (χ3n) is 3.42. The zero-order chi connectivity index (χ0) is 14.7. The summed E-state index contributed by atoms with van der Waals surface area (Å²) in [6.07, 6.45) is 0.782. The Hall–Kier alpha value is -1.69. The zero-order valence-electron chi connectivity index (χ0n) is 11.6. The predicted molar refractivity (Wildman–Crippen MR) is 71.8 cm³/mol. The molecule has 0 spiro atoms. The lowest BCUT2D eigenvalue weighted by atomic mass is 10.1. The van der Waals surface area contributed by atoms with Crippen LogP contribution in [0.15, 0.2) is 12.1 Å². The van der Waals surface area contributed by atoms with Gasteiger partial charge in [-0.25, -0.2) is 8.78 Å². The van der Waals surface area contributed by atoms with E-state index in [0.717, 1.165) is 18.6 Å². The van der Waals surface area contributed by atoms with Gasteiger partial charge in [0.25, 0.3) is 5.91 Å². The second kappa shape index (κ2) is 6.17. The van der Waals surface area contributed by atoms with Crippen LogP contribution in [0.2, 0.25) is 0 Å². The van der Waals surface area contributed by atoms with Crippen molar-refractivity contribution in [2.45, 2.75) is 19.4 Å². The average Bonchev–Trinajstić information content (AvgIpc) is 2.46. The minimum absolute atomic E-state index is 0.0148. The number of carbonyl (C=O) groups is 1. The van der Waals surface area contributed by atoms with Crippen LogP contribution in [0, 0.1) is 11.6 Å². The molecule has 1 aliphatic rings. The third-order valence-corrected chi connectivity index (χ3v) is 3.42. The molecule has 6 heteroatoms. The number of carbonyl (C=O) groups excluding carboxylic acids is 1. The van der Waals surface area contributed by atoms with Crippen LogP contribution in [0.5, 0.6) is 0 Å². The Balaban J connectivity index is 2.21. The van der Waals surface area contributed by atoms with E-state index in [4.69, 9.17) is 4.74 Å². The highest BCUT2D eigenvalue weighted by molar-refractivity contribution is 5.94. The van der Waals surface area contributed by atoms with Crippen LogP contribution in [-0.4, -0.2) is 43.7 Å². The van der Waals surface area contributed by atoms with E-state index in [1.807, 2.05) is 6.92 Å². The van der Waals surface area contributed by atoms with Crippen LogP contribution < -0.4 is 5.32 Å². The molecule has 1 saturated heterocycles. The van der Waals surface area contributed by atoms with E-state index in [2.05, 4.69) is 5.32 Å². The molecule has 2 rings (SSSR count). The fourth-order valence-corrected chi connectivity index (χ4v) is 2.27. The van der Waals surface area contributed by atoms with Crippen LogP contribution >= 0.6 is 0 Å². The molecule has 0 radical (unpaired) electrons.